The van der Waals surface area contributed by atoms with Gasteiger partial charge in [0.05, 0.1) is 18.8 Å². The van der Waals surface area contributed by atoms with Crippen molar-refractivity contribution in [2.75, 3.05) is 20.2 Å². The van der Waals surface area contributed by atoms with Crippen molar-refractivity contribution >= 4 is 0 Å². The predicted molar refractivity (Wildman–Crippen MR) is 41.0 cm³/mol. The van der Waals surface area contributed by atoms with Crippen LogP contribution in [0.3, 0.4) is 0 Å². The molecule has 3 nitrogen and oxygen atoms in total. The largest absolute Gasteiger partial charge is 0.392 e. The van der Waals surface area contributed by atoms with E-state index in [1.54, 1.807) is 6.92 Å². The highest BCUT2D eigenvalue weighted by Gasteiger charge is 2.13. The van der Waals surface area contributed by atoms with Crippen molar-refractivity contribution < 1.29 is 9.84 Å². The zero-order chi connectivity index (χ0) is 7.98. The molecular formula is C7H17NO2. The summed E-state index contributed by atoms with van der Waals surface area (Å²) in [6.07, 6.45) is 0.370. The second kappa shape index (κ2) is 5.65. The highest BCUT2D eigenvalue weighted by atomic mass is 16.6. The van der Waals surface area contributed by atoms with Gasteiger partial charge in [-0.25, -0.2) is 0 Å². The summed E-state index contributed by atoms with van der Waals surface area (Å²) in [5, 5.41) is 11.3. The summed E-state index contributed by atoms with van der Waals surface area (Å²) < 4.78 is 4.71. The zero-order valence-electron chi connectivity index (χ0n) is 6.92. The number of nitrogens with one attached hydrogen (secondary N) is 1. The molecule has 2 N–H and O–H groups in total. The third kappa shape index (κ3) is 10.8. The Hall–Kier alpha value is -0.120. The van der Waals surface area contributed by atoms with E-state index in [4.69, 9.17) is 9.84 Å². The predicted octanol–water partition coefficient (Wildman–Crippen LogP) is -0.00830. The molecule has 0 saturated carbocycles. The standard InChI is InChI=1S/C4H11NO.C3H6O/c1-4(6)3-5-2;1-3-2-4-3/h4-6H,3H2,1-2H3;3H,2H2,1H3. The molecule has 62 valence electrons. The number of epoxide rings is 1. The first-order valence-corrected chi connectivity index (χ1v) is 3.61. The molecule has 1 aliphatic heterocycles. The molecule has 1 fully saturated rings. The number of aliphatic hydroxyl groups excluding tert-OH is 1. The summed E-state index contributed by atoms with van der Waals surface area (Å²) >= 11 is 0. The van der Waals surface area contributed by atoms with Gasteiger partial charge in [0.25, 0.3) is 0 Å². The highest BCUT2D eigenvalue weighted by molar-refractivity contribution is 4.58. The third-order valence-corrected chi connectivity index (χ3v) is 1.000. The molecule has 0 spiro atoms. The van der Waals surface area contributed by atoms with Crippen LogP contribution in [-0.4, -0.2) is 37.5 Å². The average molecular weight is 147 g/mol. The van der Waals surface area contributed by atoms with Crippen molar-refractivity contribution in [1.29, 1.82) is 0 Å². The van der Waals surface area contributed by atoms with Crippen molar-refractivity contribution in [3.05, 3.63) is 0 Å². The Morgan fingerprint density at radius 2 is 2.20 bits per heavy atom. The summed E-state index contributed by atoms with van der Waals surface area (Å²) in [6, 6.07) is 0. The van der Waals surface area contributed by atoms with E-state index in [-0.39, 0.29) is 6.10 Å². The van der Waals surface area contributed by atoms with Crippen molar-refractivity contribution in [3.8, 4) is 0 Å². The van der Waals surface area contributed by atoms with Gasteiger partial charge in [-0.3, -0.25) is 0 Å². The topological polar surface area (TPSA) is 44.8 Å². The van der Waals surface area contributed by atoms with Crippen molar-refractivity contribution in [2.24, 2.45) is 0 Å². The number of ether oxygens (including phenoxy) is 1. The van der Waals surface area contributed by atoms with E-state index in [0.717, 1.165) is 6.61 Å². The number of hydrogen-bond acceptors (Lipinski definition) is 3. The molecule has 0 aliphatic carbocycles. The minimum Gasteiger partial charge on any atom is -0.392 e. The van der Waals surface area contributed by atoms with Gasteiger partial charge in [0.1, 0.15) is 0 Å². The van der Waals surface area contributed by atoms with Gasteiger partial charge in [0.2, 0.25) is 0 Å². The molecule has 2 atom stereocenters. The molecule has 10 heavy (non-hydrogen) atoms. The van der Waals surface area contributed by atoms with E-state index in [2.05, 4.69) is 12.2 Å². The maximum atomic E-state index is 8.49. The smallest absolute Gasteiger partial charge is 0.0781 e. The van der Waals surface area contributed by atoms with Crippen LogP contribution in [-0.2, 0) is 4.74 Å². The lowest BCUT2D eigenvalue weighted by molar-refractivity contribution is 0.194. The molecule has 2 unspecified atom stereocenters. The second-order valence-corrected chi connectivity index (χ2v) is 2.55. The van der Waals surface area contributed by atoms with Gasteiger partial charge in [0.15, 0.2) is 0 Å². The Labute approximate surface area is 62.4 Å². The Morgan fingerprint density at radius 1 is 1.80 bits per heavy atom. The highest BCUT2D eigenvalue weighted by Crippen LogP contribution is 2.04. The SMILES string of the molecule is CC1CO1.CNCC(C)O. The van der Waals surface area contributed by atoms with Gasteiger partial charge in [-0.1, -0.05) is 0 Å². The van der Waals surface area contributed by atoms with Gasteiger partial charge in [0, 0.05) is 6.54 Å². The molecule has 1 heterocycles. The van der Waals surface area contributed by atoms with E-state index in [9.17, 15) is 0 Å². The first-order valence-electron chi connectivity index (χ1n) is 3.61. The molecule has 0 amide bonds. The Bertz CT molecular complexity index is 72.0. The lowest BCUT2D eigenvalue weighted by Crippen LogP contribution is -2.19. The van der Waals surface area contributed by atoms with Crippen LogP contribution in [0.5, 0.6) is 0 Å². The van der Waals surface area contributed by atoms with Crippen LogP contribution < -0.4 is 5.32 Å². The molecule has 0 aromatic heterocycles. The number of hydrogen-bond donors (Lipinski definition) is 2. The van der Waals surface area contributed by atoms with Crippen LogP contribution in [0.25, 0.3) is 0 Å². The fourth-order valence-electron chi connectivity index (χ4n) is 0.392. The minimum atomic E-state index is -0.213. The third-order valence-electron chi connectivity index (χ3n) is 1.000. The molecule has 3 heteroatoms. The first-order chi connectivity index (χ1) is 4.66. The maximum Gasteiger partial charge on any atom is 0.0781 e. The molecule has 0 radical (unpaired) electrons. The van der Waals surface area contributed by atoms with Gasteiger partial charge < -0.3 is 15.2 Å². The normalized spacial score (nSPS) is 24.6. The summed E-state index contributed by atoms with van der Waals surface area (Å²) in [7, 11) is 1.81. The van der Waals surface area contributed by atoms with E-state index in [0.29, 0.717) is 12.6 Å². The fourth-order valence-corrected chi connectivity index (χ4v) is 0.392. The monoisotopic (exact) mass is 147 g/mol. The lowest BCUT2D eigenvalue weighted by Gasteiger charge is -1.97. The number of likely N-dealkylation sites (N-methyl/N-ethyl adjacent to an activating group) is 1. The second-order valence-electron chi connectivity index (χ2n) is 2.55. The van der Waals surface area contributed by atoms with Crippen LogP contribution >= 0.6 is 0 Å². The Kier molecular flexibility index (Phi) is 5.58. The summed E-state index contributed by atoms with van der Waals surface area (Å²) in [5.41, 5.74) is 0. The summed E-state index contributed by atoms with van der Waals surface area (Å²) in [5.74, 6) is 0. The number of aliphatic hydroxyl groups is 1. The van der Waals surface area contributed by atoms with Gasteiger partial charge >= 0.3 is 0 Å². The van der Waals surface area contributed by atoms with E-state index in [1.165, 1.54) is 0 Å². The van der Waals surface area contributed by atoms with Crippen molar-refractivity contribution in [2.45, 2.75) is 26.1 Å². The van der Waals surface area contributed by atoms with E-state index >= 15 is 0 Å². The number of rotatable bonds is 2. The van der Waals surface area contributed by atoms with Crippen molar-refractivity contribution in [1.82, 2.24) is 5.32 Å². The quantitative estimate of drug-likeness (QED) is 0.540. The van der Waals surface area contributed by atoms with Gasteiger partial charge in [-0.2, -0.15) is 0 Å². The Balaban J connectivity index is 0.000000172. The molecule has 1 saturated heterocycles. The maximum absolute atomic E-state index is 8.49. The average Bonchev–Trinajstić information content (AvgIpc) is 2.52. The molecule has 0 aromatic carbocycles. The molecule has 1 aliphatic rings. The molecule has 0 aromatic rings. The van der Waals surface area contributed by atoms with Crippen LogP contribution in [0.15, 0.2) is 0 Å². The van der Waals surface area contributed by atoms with Crippen LogP contribution in [0.2, 0.25) is 0 Å². The van der Waals surface area contributed by atoms with Crippen LogP contribution in [0.1, 0.15) is 13.8 Å². The molecule has 0 bridgehead atoms. The van der Waals surface area contributed by atoms with Crippen LogP contribution in [0.4, 0.5) is 0 Å². The summed E-state index contributed by atoms with van der Waals surface area (Å²) in [4.78, 5) is 0. The lowest BCUT2D eigenvalue weighted by atomic mass is 10.4. The van der Waals surface area contributed by atoms with E-state index in [1.807, 2.05) is 7.05 Å². The first kappa shape index (κ1) is 9.88. The fraction of sp³-hybridized carbons (Fsp3) is 1.00. The van der Waals surface area contributed by atoms with Gasteiger partial charge in [-0.15, -0.1) is 0 Å². The zero-order valence-corrected chi connectivity index (χ0v) is 6.92. The Morgan fingerprint density at radius 3 is 2.20 bits per heavy atom. The van der Waals surface area contributed by atoms with Crippen LogP contribution in [0, 0.1) is 0 Å². The van der Waals surface area contributed by atoms with E-state index < -0.39 is 0 Å². The van der Waals surface area contributed by atoms with Crippen molar-refractivity contribution in [3.63, 3.8) is 0 Å². The molecule has 1 rings (SSSR count). The molecular weight excluding hydrogens is 130 g/mol. The summed E-state index contributed by atoms with van der Waals surface area (Å²) in [6.45, 7) is 5.47. The minimum absolute atomic E-state index is 0.213. The van der Waals surface area contributed by atoms with Gasteiger partial charge in [-0.05, 0) is 20.9 Å².